The second-order valence-electron chi connectivity index (χ2n) is 2.85. The predicted octanol–water partition coefficient (Wildman–Crippen LogP) is 1.23. The van der Waals surface area contributed by atoms with Gasteiger partial charge in [-0.1, -0.05) is 6.07 Å². The van der Waals surface area contributed by atoms with E-state index in [9.17, 15) is 4.79 Å². The van der Waals surface area contributed by atoms with E-state index in [1.165, 1.54) is 0 Å². The summed E-state index contributed by atoms with van der Waals surface area (Å²) >= 11 is 0. The van der Waals surface area contributed by atoms with Crippen molar-refractivity contribution >= 4 is 11.5 Å². The molecule has 1 aliphatic heterocycles. The third kappa shape index (κ3) is 0.794. The highest BCUT2D eigenvalue weighted by molar-refractivity contribution is 6.05. The number of ether oxygens (including phenoxy) is 1. The van der Waals surface area contributed by atoms with Gasteiger partial charge >= 0.3 is 0 Å². The van der Waals surface area contributed by atoms with Crippen molar-refractivity contribution in [3.05, 3.63) is 23.8 Å². The van der Waals surface area contributed by atoms with Crippen LogP contribution in [0.1, 0.15) is 17.3 Å². The van der Waals surface area contributed by atoms with E-state index in [0.717, 1.165) is 0 Å². The van der Waals surface area contributed by atoms with Crippen molar-refractivity contribution < 1.29 is 9.53 Å². The lowest BCUT2D eigenvalue weighted by Gasteiger charge is -2.02. The van der Waals surface area contributed by atoms with Crippen LogP contribution in [0.25, 0.3) is 0 Å². The van der Waals surface area contributed by atoms with E-state index in [4.69, 9.17) is 10.5 Å². The third-order valence-electron chi connectivity index (χ3n) is 1.97. The average Bonchev–Trinajstić information content (AvgIpc) is 2.32. The number of Topliss-reactive ketones (excluding diaryl/α,β-unsaturated/α-hetero) is 1. The number of fused-ring (bicyclic) bond motifs is 1. The van der Waals surface area contributed by atoms with Crippen LogP contribution >= 0.6 is 0 Å². The number of para-hydroxylation sites is 1. The van der Waals surface area contributed by atoms with Crippen molar-refractivity contribution in [1.82, 2.24) is 0 Å². The van der Waals surface area contributed by atoms with Gasteiger partial charge in [-0.3, -0.25) is 4.79 Å². The molecule has 1 unspecified atom stereocenters. The van der Waals surface area contributed by atoms with Crippen molar-refractivity contribution in [3.63, 3.8) is 0 Å². The summed E-state index contributed by atoms with van der Waals surface area (Å²) in [7, 11) is 0. The van der Waals surface area contributed by atoms with Gasteiger partial charge in [0.1, 0.15) is 0 Å². The second-order valence-corrected chi connectivity index (χ2v) is 2.85. The third-order valence-corrected chi connectivity index (χ3v) is 1.97. The number of carbonyl (C=O) groups is 1. The fourth-order valence-corrected chi connectivity index (χ4v) is 1.33. The average molecular weight is 163 g/mol. The Morgan fingerprint density at radius 1 is 1.50 bits per heavy atom. The standard InChI is InChI=1S/C9H9NO2/c1-5-8(11)6-3-2-4-7(10)9(6)12-5/h2-5H,10H2,1H3. The molecular weight excluding hydrogens is 154 g/mol. The van der Waals surface area contributed by atoms with Gasteiger partial charge in [-0.05, 0) is 19.1 Å². The van der Waals surface area contributed by atoms with E-state index in [2.05, 4.69) is 0 Å². The quantitative estimate of drug-likeness (QED) is 0.585. The Morgan fingerprint density at radius 2 is 2.25 bits per heavy atom. The summed E-state index contributed by atoms with van der Waals surface area (Å²) in [6.07, 6.45) is -0.385. The highest BCUT2D eigenvalue weighted by Gasteiger charge is 2.29. The lowest BCUT2D eigenvalue weighted by Crippen LogP contribution is -2.14. The number of carbonyl (C=O) groups excluding carboxylic acids is 1. The number of ketones is 1. The summed E-state index contributed by atoms with van der Waals surface area (Å²) in [4.78, 5) is 11.4. The minimum absolute atomic E-state index is 0.0114. The maximum Gasteiger partial charge on any atom is 0.206 e. The molecule has 0 amide bonds. The van der Waals surface area contributed by atoms with E-state index in [1.807, 2.05) is 0 Å². The Labute approximate surface area is 70.1 Å². The zero-order chi connectivity index (χ0) is 8.72. The smallest absolute Gasteiger partial charge is 0.206 e. The van der Waals surface area contributed by atoms with Crippen LogP contribution < -0.4 is 10.5 Å². The molecule has 1 atom stereocenters. The van der Waals surface area contributed by atoms with Crippen molar-refractivity contribution in [1.29, 1.82) is 0 Å². The van der Waals surface area contributed by atoms with Gasteiger partial charge in [-0.15, -0.1) is 0 Å². The van der Waals surface area contributed by atoms with Crippen LogP contribution in [0.4, 0.5) is 5.69 Å². The summed E-state index contributed by atoms with van der Waals surface area (Å²) in [5.74, 6) is 0.548. The molecule has 0 spiro atoms. The molecule has 1 heterocycles. The van der Waals surface area contributed by atoms with Crippen LogP contribution in [-0.4, -0.2) is 11.9 Å². The van der Waals surface area contributed by atoms with Gasteiger partial charge in [0.25, 0.3) is 0 Å². The van der Waals surface area contributed by atoms with Crippen LogP contribution in [0.2, 0.25) is 0 Å². The fraction of sp³-hybridized carbons (Fsp3) is 0.222. The normalized spacial score (nSPS) is 20.4. The number of hydrogen-bond acceptors (Lipinski definition) is 3. The van der Waals surface area contributed by atoms with Gasteiger partial charge in [-0.25, -0.2) is 0 Å². The molecule has 2 N–H and O–H groups in total. The summed E-state index contributed by atoms with van der Waals surface area (Å²) < 4.78 is 5.28. The highest BCUT2D eigenvalue weighted by Crippen LogP contribution is 2.33. The Bertz CT molecular complexity index is 346. The SMILES string of the molecule is CC1Oc2c(N)cccc2C1=O. The summed E-state index contributed by atoms with van der Waals surface area (Å²) in [5, 5.41) is 0. The van der Waals surface area contributed by atoms with Gasteiger partial charge in [0, 0.05) is 0 Å². The van der Waals surface area contributed by atoms with Gasteiger partial charge in [-0.2, -0.15) is 0 Å². The molecule has 0 saturated carbocycles. The van der Waals surface area contributed by atoms with Crippen LogP contribution in [0.5, 0.6) is 5.75 Å². The molecule has 0 radical (unpaired) electrons. The number of benzene rings is 1. The number of nitrogens with two attached hydrogens (primary N) is 1. The maximum atomic E-state index is 11.4. The first-order chi connectivity index (χ1) is 5.70. The molecule has 62 valence electrons. The first kappa shape index (κ1) is 7.16. The topological polar surface area (TPSA) is 52.3 Å². The van der Waals surface area contributed by atoms with Crippen LogP contribution in [0.3, 0.4) is 0 Å². The molecule has 3 nitrogen and oxygen atoms in total. The Kier molecular flexibility index (Phi) is 1.33. The monoisotopic (exact) mass is 163 g/mol. The minimum Gasteiger partial charge on any atom is -0.480 e. The van der Waals surface area contributed by atoms with Gasteiger partial charge in [0.15, 0.2) is 11.9 Å². The summed E-state index contributed by atoms with van der Waals surface area (Å²) in [5.41, 5.74) is 6.75. The van der Waals surface area contributed by atoms with Crippen LogP contribution in [-0.2, 0) is 0 Å². The summed E-state index contributed by atoms with van der Waals surface area (Å²) in [6, 6.07) is 5.22. The summed E-state index contributed by atoms with van der Waals surface area (Å²) in [6.45, 7) is 1.72. The zero-order valence-electron chi connectivity index (χ0n) is 6.70. The van der Waals surface area contributed by atoms with Crippen molar-refractivity contribution in [2.75, 3.05) is 5.73 Å². The zero-order valence-corrected chi connectivity index (χ0v) is 6.70. The van der Waals surface area contributed by atoms with Crippen molar-refractivity contribution in [2.45, 2.75) is 13.0 Å². The molecule has 0 bridgehead atoms. The van der Waals surface area contributed by atoms with E-state index in [0.29, 0.717) is 17.0 Å². The van der Waals surface area contributed by atoms with Gasteiger partial charge in [0.05, 0.1) is 11.3 Å². The highest BCUT2D eigenvalue weighted by atomic mass is 16.5. The lowest BCUT2D eigenvalue weighted by molar-refractivity contribution is 0.0879. The van der Waals surface area contributed by atoms with E-state index in [-0.39, 0.29) is 11.9 Å². The number of nitrogen functional groups attached to an aromatic ring is 1. The molecule has 1 aromatic rings. The predicted molar refractivity (Wildman–Crippen MR) is 45.3 cm³/mol. The largest absolute Gasteiger partial charge is 0.480 e. The number of rotatable bonds is 0. The van der Waals surface area contributed by atoms with E-state index < -0.39 is 0 Å². The fourth-order valence-electron chi connectivity index (χ4n) is 1.33. The van der Waals surface area contributed by atoms with Gasteiger partial charge in [0.2, 0.25) is 5.78 Å². The van der Waals surface area contributed by atoms with Crippen molar-refractivity contribution in [2.24, 2.45) is 0 Å². The first-order valence-corrected chi connectivity index (χ1v) is 3.79. The van der Waals surface area contributed by atoms with Crippen molar-refractivity contribution in [3.8, 4) is 5.75 Å². The maximum absolute atomic E-state index is 11.4. The molecule has 1 aliphatic rings. The Morgan fingerprint density at radius 3 is 2.92 bits per heavy atom. The second kappa shape index (κ2) is 2.24. The first-order valence-electron chi connectivity index (χ1n) is 3.79. The van der Waals surface area contributed by atoms with Crippen LogP contribution in [0, 0.1) is 0 Å². The van der Waals surface area contributed by atoms with Gasteiger partial charge < -0.3 is 10.5 Å². The minimum atomic E-state index is -0.385. The molecular formula is C9H9NO2. The molecule has 0 aliphatic carbocycles. The lowest BCUT2D eigenvalue weighted by atomic mass is 10.1. The molecule has 0 fully saturated rings. The number of hydrogen-bond donors (Lipinski definition) is 1. The Hall–Kier alpha value is -1.51. The van der Waals surface area contributed by atoms with Crippen LogP contribution in [0.15, 0.2) is 18.2 Å². The van der Waals surface area contributed by atoms with E-state index in [1.54, 1.807) is 25.1 Å². The molecule has 0 aromatic heterocycles. The molecule has 12 heavy (non-hydrogen) atoms. The number of anilines is 1. The molecule has 2 rings (SSSR count). The molecule has 1 aromatic carbocycles. The Balaban J connectivity index is 2.61. The molecule has 3 heteroatoms. The van der Waals surface area contributed by atoms with E-state index >= 15 is 0 Å². The molecule has 0 saturated heterocycles.